The van der Waals surface area contributed by atoms with Gasteiger partial charge in [0.15, 0.2) is 5.78 Å². The molecule has 57 heavy (non-hydrogen) atoms. The van der Waals surface area contributed by atoms with Crippen molar-refractivity contribution in [2.24, 2.45) is 56.7 Å². The Morgan fingerprint density at radius 1 is 0.965 bits per heavy atom. The number of carbonyl (C=O) groups is 4. The van der Waals surface area contributed by atoms with E-state index in [-0.39, 0.29) is 53.1 Å². The first-order chi connectivity index (χ1) is 26.7. The highest BCUT2D eigenvalue weighted by atomic mass is 16.5. The van der Waals surface area contributed by atoms with Crippen LogP contribution >= 0.6 is 0 Å². The topological polar surface area (TPSA) is 141 Å². The normalized spacial score (nSPS) is 33.6. The van der Waals surface area contributed by atoms with E-state index in [0.717, 1.165) is 45.2 Å². The van der Waals surface area contributed by atoms with Crippen LogP contribution < -0.4 is 0 Å². The fraction of sp³-hybridized carbons (Fsp3) is 0.750. The van der Waals surface area contributed by atoms with Gasteiger partial charge in [0.2, 0.25) is 0 Å². The van der Waals surface area contributed by atoms with Gasteiger partial charge in [-0.2, -0.15) is 0 Å². The molecule has 1 aromatic carbocycles. The minimum absolute atomic E-state index is 0.00618. The zero-order valence-corrected chi connectivity index (χ0v) is 36.4. The molecule has 0 aliphatic heterocycles. The molecule has 9 nitrogen and oxygen atoms in total. The maximum Gasteiger partial charge on any atom is 0.309 e. The van der Waals surface area contributed by atoms with Crippen LogP contribution in [0.4, 0.5) is 0 Å². The number of hydrogen-bond acceptors (Lipinski definition) is 8. The van der Waals surface area contributed by atoms with Gasteiger partial charge in [-0.3, -0.25) is 14.4 Å². The number of fused-ring (bicyclic) bond motifs is 7. The number of nitrogens with zero attached hydrogens (tertiary/aromatic N) is 1. The second kappa shape index (κ2) is 17.4. The van der Waals surface area contributed by atoms with Gasteiger partial charge in [-0.25, -0.2) is 0 Å². The summed E-state index contributed by atoms with van der Waals surface area (Å²) in [6, 6.07) is 10.7. The third-order valence-corrected chi connectivity index (χ3v) is 16.0. The van der Waals surface area contributed by atoms with Crippen LogP contribution in [0.5, 0.6) is 0 Å². The molecule has 0 spiro atoms. The van der Waals surface area contributed by atoms with Crippen molar-refractivity contribution in [3.05, 3.63) is 47.0 Å². The fourth-order valence-corrected chi connectivity index (χ4v) is 13.1. The molecular formula is C48H73NO8. The Kier molecular flexibility index (Phi) is 13.8. The molecule has 0 radical (unpaired) electrons. The predicted octanol–water partition coefficient (Wildman–Crippen LogP) is 8.44. The molecular weight excluding hydrogens is 719 g/mol. The molecule has 5 aliphatic rings. The Morgan fingerprint density at radius 3 is 2.23 bits per heavy atom. The number of allylic oxidation sites excluding steroid dienone is 2. The maximum atomic E-state index is 14.0. The second-order valence-corrected chi connectivity index (χ2v) is 20.8. The quantitative estimate of drug-likeness (QED) is 0.133. The molecule has 0 heterocycles. The van der Waals surface area contributed by atoms with E-state index >= 15 is 0 Å². The molecule has 4 saturated carbocycles. The SMILES string of the molecule is CC(C)C1=C2C3CCC4C(C)(CCC5C(C)(C)C(OC(=O)CC(C)(C)C(=O)O)CCC54C)C3CCC2(CCN(C)Cc2ccccc2)CC1=O.O=CCC(O)CO. The first kappa shape index (κ1) is 45.2. The fourth-order valence-electron chi connectivity index (χ4n) is 13.1. The maximum absolute atomic E-state index is 14.0. The zero-order chi connectivity index (χ0) is 42.1. The minimum atomic E-state index is -1.14. The van der Waals surface area contributed by atoms with E-state index in [1.54, 1.807) is 19.4 Å². The smallest absolute Gasteiger partial charge is 0.309 e. The van der Waals surface area contributed by atoms with Crippen LogP contribution in [0.25, 0.3) is 0 Å². The number of rotatable bonds is 13. The number of aldehydes is 1. The third kappa shape index (κ3) is 8.87. The van der Waals surface area contributed by atoms with Gasteiger partial charge in [-0.15, -0.1) is 0 Å². The summed E-state index contributed by atoms with van der Waals surface area (Å²) in [5.41, 5.74) is 3.15. The Morgan fingerprint density at radius 2 is 1.63 bits per heavy atom. The highest BCUT2D eigenvalue weighted by molar-refractivity contribution is 6.00. The minimum Gasteiger partial charge on any atom is -0.481 e. The van der Waals surface area contributed by atoms with Gasteiger partial charge in [0.1, 0.15) is 12.4 Å². The summed E-state index contributed by atoms with van der Waals surface area (Å²) >= 11 is 0. The lowest BCUT2D eigenvalue weighted by Gasteiger charge is -2.69. The molecule has 0 saturated heterocycles. The summed E-state index contributed by atoms with van der Waals surface area (Å²) in [6.45, 7) is 19.1. The van der Waals surface area contributed by atoms with Crippen LogP contribution in [-0.4, -0.2) is 76.6 Å². The Hall–Kier alpha value is -2.88. The molecule has 5 aliphatic carbocycles. The van der Waals surface area contributed by atoms with E-state index < -0.39 is 23.5 Å². The lowest BCUT2D eigenvalue weighted by atomic mass is 9.36. The summed E-state index contributed by atoms with van der Waals surface area (Å²) in [5, 5.41) is 26.0. The monoisotopic (exact) mass is 792 g/mol. The third-order valence-electron chi connectivity index (χ3n) is 16.0. The van der Waals surface area contributed by atoms with Crippen LogP contribution in [0.1, 0.15) is 138 Å². The number of ether oxygens (including phenoxy) is 1. The van der Waals surface area contributed by atoms with Crippen LogP contribution in [0.15, 0.2) is 41.5 Å². The lowest BCUT2D eigenvalue weighted by molar-refractivity contribution is -0.214. The summed E-state index contributed by atoms with van der Waals surface area (Å²) in [4.78, 5) is 50.7. The van der Waals surface area contributed by atoms with Crippen molar-refractivity contribution in [2.45, 2.75) is 151 Å². The number of carbonyl (C=O) groups excluding carboxylic acids is 3. The van der Waals surface area contributed by atoms with Crippen LogP contribution in [-0.2, 0) is 30.5 Å². The molecule has 318 valence electrons. The van der Waals surface area contributed by atoms with Crippen molar-refractivity contribution in [1.29, 1.82) is 0 Å². The molecule has 0 amide bonds. The van der Waals surface area contributed by atoms with E-state index in [0.29, 0.717) is 42.2 Å². The van der Waals surface area contributed by atoms with E-state index in [1.807, 2.05) is 0 Å². The van der Waals surface area contributed by atoms with E-state index in [2.05, 4.69) is 83.8 Å². The average molecular weight is 792 g/mol. The molecule has 4 fully saturated rings. The number of carboxylic acids is 1. The van der Waals surface area contributed by atoms with Crippen molar-refractivity contribution in [2.75, 3.05) is 20.2 Å². The van der Waals surface area contributed by atoms with Crippen molar-refractivity contribution in [3.8, 4) is 0 Å². The predicted molar refractivity (Wildman–Crippen MR) is 222 cm³/mol. The largest absolute Gasteiger partial charge is 0.481 e. The molecule has 0 aromatic heterocycles. The number of aliphatic hydroxyl groups excluding tert-OH is 2. The number of aliphatic carboxylic acids is 1. The second-order valence-electron chi connectivity index (χ2n) is 20.8. The Balaban J connectivity index is 0.000000811. The van der Waals surface area contributed by atoms with Gasteiger partial charge in [0.25, 0.3) is 0 Å². The molecule has 3 N–H and O–H groups in total. The van der Waals surface area contributed by atoms with Crippen molar-refractivity contribution < 1.29 is 39.2 Å². The molecule has 0 bridgehead atoms. The van der Waals surface area contributed by atoms with Crippen molar-refractivity contribution >= 4 is 24.0 Å². The van der Waals surface area contributed by atoms with E-state index in [9.17, 15) is 24.3 Å². The van der Waals surface area contributed by atoms with Gasteiger partial charge in [-0.1, -0.05) is 77.4 Å². The van der Waals surface area contributed by atoms with Crippen molar-refractivity contribution in [1.82, 2.24) is 4.90 Å². The first-order valence-corrected chi connectivity index (χ1v) is 21.8. The lowest BCUT2D eigenvalue weighted by Crippen LogP contribution is -2.63. The van der Waals surface area contributed by atoms with Crippen molar-refractivity contribution in [3.63, 3.8) is 0 Å². The number of esters is 1. The Labute approximate surface area is 342 Å². The first-order valence-electron chi connectivity index (χ1n) is 21.8. The molecule has 6 rings (SSSR count). The van der Waals surface area contributed by atoms with Crippen LogP contribution in [0.3, 0.4) is 0 Å². The Bertz CT molecular complexity index is 1650. The number of ketones is 1. The average Bonchev–Trinajstić information content (AvgIpc) is 3.45. The van der Waals surface area contributed by atoms with E-state index in [1.165, 1.54) is 36.8 Å². The van der Waals surface area contributed by atoms with Gasteiger partial charge < -0.3 is 29.8 Å². The number of hydrogen-bond donors (Lipinski definition) is 3. The zero-order valence-electron chi connectivity index (χ0n) is 36.4. The van der Waals surface area contributed by atoms with Gasteiger partial charge in [0.05, 0.1) is 24.5 Å². The molecule has 9 unspecified atom stereocenters. The number of aliphatic hydroxyl groups is 2. The molecule has 9 heteroatoms. The van der Waals surface area contributed by atoms with Gasteiger partial charge in [-0.05, 0) is 137 Å². The van der Waals surface area contributed by atoms with Gasteiger partial charge >= 0.3 is 11.9 Å². The number of Topliss-reactive ketones (excluding diaryl/α,β-unsaturated/α-hetero) is 1. The summed E-state index contributed by atoms with van der Waals surface area (Å²) in [5.74, 6) is 1.45. The van der Waals surface area contributed by atoms with Crippen LogP contribution in [0, 0.1) is 56.7 Å². The standard InChI is InChI=1S/C44H65NO5.C4H8O3/c1-28(2)37-32(46)25-44(23-24-45(9)27-29-13-11-10-12-14-29)22-17-31-30(38(37)44)15-16-34-42(31,7)20-18-33-41(5,6)35(19-21-43(33,34)8)50-36(47)26-40(3,4)39(48)49;5-2-1-4(7)3-6/h10-14,28,30-31,33-35H,15-27H2,1-9H3,(H,48,49);2,4,6-7H,1,3H2. The highest BCUT2D eigenvalue weighted by Crippen LogP contribution is 2.73. The summed E-state index contributed by atoms with van der Waals surface area (Å²) < 4.78 is 6.17. The number of carboxylic acid groups (broad SMARTS) is 1. The van der Waals surface area contributed by atoms with Crippen LogP contribution in [0.2, 0.25) is 0 Å². The van der Waals surface area contributed by atoms with E-state index in [4.69, 9.17) is 14.9 Å². The summed E-state index contributed by atoms with van der Waals surface area (Å²) in [7, 11) is 2.23. The number of benzene rings is 1. The molecule has 1 aromatic rings. The highest BCUT2D eigenvalue weighted by Gasteiger charge is 2.66. The summed E-state index contributed by atoms with van der Waals surface area (Å²) in [6.07, 6.45) is 10.1. The molecule has 9 atom stereocenters. The van der Waals surface area contributed by atoms with Gasteiger partial charge in [0, 0.05) is 30.2 Å².